The van der Waals surface area contributed by atoms with Gasteiger partial charge in [-0.25, -0.2) is 18.3 Å². The zero-order chi connectivity index (χ0) is 19.0. The standard InChI is InChI=1S/C16H14F2N4O4/c1-7-9(2-8(17)3-10(7)18)11-4-12(23)14(15-20-6-21-22(11)15)16(26)19-5-13(24)25/h2-4,6-7,9,23H,5H2,1H3,(H,19,26)(H,24,25). The molecule has 3 N–H and O–H groups in total. The first-order valence-electron chi connectivity index (χ1n) is 7.59. The lowest BCUT2D eigenvalue weighted by molar-refractivity contribution is -0.135. The molecule has 0 aliphatic heterocycles. The summed E-state index contributed by atoms with van der Waals surface area (Å²) in [5.74, 6) is -5.55. The average Bonchev–Trinajstić information content (AvgIpc) is 3.04. The second-order valence-electron chi connectivity index (χ2n) is 5.80. The molecule has 2 atom stereocenters. The Bertz CT molecular complexity index is 967. The molecular weight excluding hydrogens is 350 g/mol. The summed E-state index contributed by atoms with van der Waals surface area (Å²) >= 11 is 0. The van der Waals surface area contributed by atoms with Crippen molar-refractivity contribution in [2.75, 3.05) is 6.54 Å². The van der Waals surface area contributed by atoms with Crippen LogP contribution in [0.3, 0.4) is 0 Å². The Labute approximate surface area is 145 Å². The van der Waals surface area contributed by atoms with Gasteiger partial charge in [0.25, 0.3) is 5.91 Å². The number of hydrogen-bond donors (Lipinski definition) is 3. The molecule has 0 saturated carbocycles. The van der Waals surface area contributed by atoms with E-state index in [9.17, 15) is 23.5 Å². The first kappa shape index (κ1) is 17.5. The maximum Gasteiger partial charge on any atom is 0.322 e. The van der Waals surface area contributed by atoms with Gasteiger partial charge in [0, 0.05) is 24.0 Å². The van der Waals surface area contributed by atoms with Crippen molar-refractivity contribution in [3.63, 3.8) is 0 Å². The zero-order valence-corrected chi connectivity index (χ0v) is 13.5. The van der Waals surface area contributed by atoms with Crippen molar-refractivity contribution in [3.05, 3.63) is 47.5 Å². The Hall–Kier alpha value is -3.30. The number of carboxylic acids is 1. The van der Waals surface area contributed by atoms with E-state index in [2.05, 4.69) is 15.4 Å². The number of aliphatic carboxylic acids is 1. The van der Waals surface area contributed by atoms with Crippen LogP contribution in [-0.2, 0) is 4.79 Å². The highest BCUT2D eigenvalue weighted by molar-refractivity contribution is 6.03. The number of carbonyl (C=O) groups excluding carboxylic acids is 1. The second-order valence-corrected chi connectivity index (χ2v) is 5.80. The lowest BCUT2D eigenvalue weighted by atomic mass is 9.85. The Morgan fingerprint density at radius 1 is 1.38 bits per heavy atom. The molecule has 2 aromatic heterocycles. The van der Waals surface area contributed by atoms with Crippen molar-refractivity contribution in [1.82, 2.24) is 19.9 Å². The van der Waals surface area contributed by atoms with Crippen molar-refractivity contribution in [2.24, 2.45) is 5.92 Å². The van der Waals surface area contributed by atoms with Crippen LogP contribution in [0, 0.1) is 5.92 Å². The fourth-order valence-corrected chi connectivity index (χ4v) is 2.83. The third kappa shape index (κ3) is 3.01. The molecule has 1 aliphatic rings. The van der Waals surface area contributed by atoms with E-state index in [0.29, 0.717) is 0 Å². The smallest absolute Gasteiger partial charge is 0.322 e. The number of amides is 1. The second kappa shape index (κ2) is 6.54. The number of nitrogens with one attached hydrogen (secondary N) is 1. The van der Waals surface area contributed by atoms with E-state index in [1.807, 2.05) is 0 Å². The van der Waals surface area contributed by atoms with Crippen LogP contribution in [0.4, 0.5) is 8.78 Å². The number of allylic oxidation sites excluding steroid dienone is 4. The van der Waals surface area contributed by atoms with Crippen molar-refractivity contribution < 1.29 is 28.6 Å². The molecule has 2 aromatic rings. The minimum Gasteiger partial charge on any atom is -0.507 e. The summed E-state index contributed by atoms with van der Waals surface area (Å²) < 4.78 is 28.8. The predicted molar refractivity (Wildman–Crippen MR) is 84.9 cm³/mol. The number of carboxylic acid groups (broad SMARTS) is 1. The van der Waals surface area contributed by atoms with Gasteiger partial charge in [0.1, 0.15) is 35.8 Å². The molecule has 136 valence electrons. The van der Waals surface area contributed by atoms with Gasteiger partial charge in [-0.2, -0.15) is 5.10 Å². The van der Waals surface area contributed by atoms with Crippen LogP contribution in [0.25, 0.3) is 5.65 Å². The minimum absolute atomic E-state index is 0.0566. The van der Waals surface area contributed by atoms with Crippen molar-refractivity contribution in [3.8, 4) is 5.75 Å². The molecule has 10 heteroatoms. The Balaban J connectivity index is 2.10. The molecule has 0 radical (unpaired) electrons. The summed E-state index contributed by atoms with van der Waals surface area (Å²) in [6, 6.07) is 1.17. The molecule has 2 unspecified atom stereocenters. The first-order chi connectivity index (χ1) is 12.3. The molecule has 1 amide bonds. The van der Waals surface area contributed by atoms with Crippen molar-refractivity contribution >= 4 is 17.5 Å². The molecule has 0 spiro atoms. The largest absolute Gasteiger partial charge is 0.507 e. The number of fused-ring (bicyclic) bond motifs is 1. The predicted octanol–water partition coefficient (Wildman–Crippen LogP) is 1.69. The van der Waals surface area contributed by atoms with Crippen LogP contribution in [0.1, 0.15) is 28.9 Å². The normalized spacial score (nSPS) is 19.8. The molecule has 1 aliphatic carbocycles. The summed E-state index contributed by atoms with van der Waals surface area (Å²) in [6.07, 6.45) is 3.09. The van der Waals surface area contributed by atoms with Gasteiger partial charge in [-0.3, -0.25) is 9.59 Å². The maximum atomic E-state index is 13.9. The lowest BCUT2D eigenvalue weighted by Crippen LogP contribution is -2.30. The zero-order valence-electron chi connectivity index (χ0n) is 13.5. The van der Waals surface area contributed by atoms with Gasteiger partial charge in [-0.05, 0) is 6.08 Å². The lowest BCUT2D eigenvalue weighted by Gasteiger charge is -2.24. The highest BCUT2D eigenvalue weighted by atomic mass is 19.1. The fourth-order valence-electron chi connectivity index (χ4n) is 2.83. The average molecular weight is 364 g/mol. The summed E-state index contributed by atoms with van der Waals surface area (Å²) in [7, 11) is 0. The van der Waals surface area contributed by atoms with Crippen LogP contribution in [0.2, 0.25) is 0 Å². The van der Waals surface area contributed by atoms with Gasteiger partial charge in [-0.15, -0.1) is 0 Å². The number of pyridine rings is 1. The Kier molecular flexibility index (Phi) is 4.41. The first-order valence-corrected chi connectivity index (χ1v) is 7.59. The Morgan fingerprint density at radius 3 is 2.81 bits per heavy atom. The fraction of sp³-hybridized carbons (Fsp3) is 0.250. The summed E-state index contributed by atoms with van der Waals surface area (Å²) in [6.45, 7) is 0.899. The van der Waals surface area contributed by atoms with E-state index < -0.39 is 47.7 Å². The van der Waals surface area contributed by atoms with Crippen LogP contribution in [0.5, 0.6) is 5.75 Å². The van der Waals surface area contributed by atoms with Crippen molar-refractivity contribution in [2.45, 2.75) is 12.8 Å². The number of halogens is 2. The SMILES string of the molecule is CC1C(F)=CC(F)=CC1c1cc(O)c(C(=O)NCC(=O)O)c2ncnn12. The topological polar surface area (TPSA) is 117 Å². The number of rotatable bonds is 4. The van der Waals surface area contributed by atoms with Crippen LogP contribution < -0.4 is 5.32 Å². The van der Waals surface area contributed by atoms with Gasteiger partial charge < -0.3 is 15.5 Å². The minimum atomic E-state index is -1.26. The van der Waals surface area contributed by atoms with Gasteiger partial charge in [-0.1, -0.05) is 6.92 Å². The molecule has 2 heterocycles. The number of hydrogen-bond acceptors (Lipinski definition) is 5. The molecule has 0 saturated heterocycles. The molecule has 0 bridgehead atoms. The molecule has 0 aromatic carbocycles. The van der Waals surface area contributed by atoms with Crippen molar-refractivity contribution in [1.29, 1.82) is 0 Å². The highest BCUT2D eigenvalue weighted by Gasteiger charge is 2.30. The van der Waals surface area contributed by atoms with E-state index in [1.165, 1.54) is 16.7 Å². The monoisotopic (exact) mass is 364 g/mol. The summed E-state index contributed by atoms with van der Waals surface area (Å²) in [4.78, 5) is 26.7. The van der Waals surface area contributed by atoms with Gasteiger partial charge in [0.2, 0.25) is 0 Å². The molecule has 8 nitrogen and oxygen atoms in total. The molecule has 3 rings (SSSR count). The van der Waals surface area contributed by atoms with Crippen LogP contribution in [0.15, 0.2) is 36.2 Å². The third-order valence-corrected chi connectivity index (χ3v) is 4.11. The van der Waals surface area contributed by atoms with Gasteiger partial charge >= 0.3 is 5.97 Å². The summed E-state index contributed by atoms with van der Waals surface area (Å²) in [5, 5.41) is 25.0. The number of aromatic hydroxyl groups is 1. The highest BCUT2D eigenvalue weighted by Crippen LogP contribution is 2.39. The van der Waals surface area contributed by atoms with Crippen LogP contribution in [-0.4, -0.2) is 43.2 Å². The Morgan fingerprint density at radius 2 is 2.12 bits per heavy atom. The number of aromatic nitrogens is 3. The van der Waals surface area contributed by atoms with E-state index in [0.717, 1.165) is 12.4 Å². The molecule has 26 heavy (non-hydrogen) atoms. The van der Waals surface area contributed by atoms with E-state index in [4.69, 9.17) is 5.11 Å². The number of nitrogens with zero attached hydrogens (tertiary/aromatic N) is 3. The van der Waals surface area contributed by atoms with E-state index >= 15 is 0 Å². The number of carbonyl (C=O) groups is 2. The van der Waals surface area contributed by atoms with E-state index in [1.54, 1.807) is 6.92 Å². The quantitative estimate of drug-likeness (QED) is 0.760. The van der Waals surface area contributed by atoms with E-state index in [-0.39, 0.29) is 16.9 Å². The van der Waals surface area contributed by atoms with Crippen LogP contribution >= 0.6 is 0 Å². The maximum absolute atomic E-state index is 13.9. The molecule has 0 fully saturated rings. The van der Waals surface area contributed by atoms with Gasteiger partial charge in [0.05, 0.1) is 5.69 Å². The third-order valence-electron chi connectivity index (χ3n) is 4.11. The summed E-state index contributed by atoms with van der Waals surface area (Å²) in [5.41, 5.74) is -0.106. The van der Waals surface area contributed by atoms with Gasteiger partial charge in [0.15, 0.2) is 5.65 Å². The molecular formula is C16H14F2N4O4.